The van der Waals surface area contributed by atoms with Crippen molar-refractivity contribution in [1.29, 1.82) is 0 Å². The number of rotatable bonds is 4. The molecule has 43 heavy (non-hydrogen) atoms. The van der Waals surface area contributed by atoms with Crippen LogP contribution in [-0.2, 0) is 43.6 Å². The van der Waals surface area contributed by atoms with Crippen molar-refractivity contribution in [3.8, 4) is 0 Å². The van der Waals surface area contributed by atoms with Crippen molar-refractivity contribution in [2.45, 2.75) is 39.0 Å². The smallest absolute Gasteiger partial charge is 0.339 e. The molecule has 2 aromatic heterocycles. The predicted molar refractivity (Wildman–Crippen MR) is 174 cm³/mol. The maximum Gasteiger partial charge on any atom is 0.339 e. The average molecular weight is 684 g/mol. The molecule has 4 heterocycles. The summed E-state index contributed by atoms with van der Waals surface area (Å²) < 4.78 is 9.51. The Morgan fingerprint density at radius 2 is 1.23 bits per heavy atom. The highest BCUT2D eigenvalue weighted by Gasteiger charge is 2.22. The zero-order valence-electron chi connectivity index (χ0n) is 23.1. The molecule has 2 aromatic carbocycles. The van der Waals surface area contributed by atoms with Gasteiger partial charge in [0.15, 0.2) is 0 Å². The molecule has 2 aliphatic rings. The summed E-state index contributed by atoms with van der Waals surface area (Å²) in [6.07, 6.45) is 1.64. The largest absolute Gasteiger partial charge is 0.369 e. The number of H-pyrrole nitrogens is 1. The first-order chi connectivity index (χ1) is 20.4. The lowest BCUT2D eigenvalue weighted by atomic mass is 10.1. The highest BCUT2D eigenvalue weighted by atomic mass is 36.0. The van der Waals surface area contributed by atoms with E-state index in [1.165, 1.54) is 11.1 Å². The van der Waals surface area contributed by atoms with Crippen LogP contribution >= 0.6 is 50.5 Å². The maximum absolute atomic E-state index is 11.9. The van der Waals surface area contributed by atoms with Crippen LogP contribution in [0.2, 0.25) is 5.15 Å². The van der Waals surface area contributed by atoms with Gasteiger partial charge in [-0.25, -0.2) is 15.0 Å². The summed E-state index contributed by atoms with van der Waals surface area (Å²) in [5.74, 6) is 0.473. The van der Waals surface area contributed by atoms with Crippen molar-refractivity contribution in [1.82, 2.24) is 29.7 Å². The molecule has 10 nitrogen and oxygen atoms in total. The van der Waals surface area contributed by atoms with Gasteiger partial charge in [-0.1, -0.05) is 72.3 Å². The summed E-state index contributed by atoms with van der Waals surface area (Å²) in [6, 6.07) is 20.7. The zero-order valence-corrected chi connectivity index (χ0v) is 27.0. The minimum atomic E-state index is -3.22. The third-order valence-corrected chi connectivity index (χ3v) is 7.08. The fourth-order valence-electron chi connectivity index (χ4n) is 4.90. The minimum Gasteiger partial charge on any atom is -0.369 e. The molecule has 0 spiro atoms. The second kappa shape index (κ2) is 15.3. The summed E-state index contributed by atoms with van der Waals surface area (Å²) in [4.78, 5) is 31.6. The molecule has 0 fully saturated rings. The van der Waals surface area contributed by atoms with E-state index in [9.17, 15) is 9.36 Å². The lowest BCUT2D eigenvalue weighted by molar-refractivity contribution is 0.242. The first kappa shape index (κ1) is 33.2. The molecule has 0 atom stereocenters. The van der Waals surface area contributed by atoms with Crippen molar-refractivity contribution in [3.63, 3.8) is 0 Å². The van der Waals surface area contributed by atoms with Gasteiger partial charge in [0.05, 0.1) is 17.0 Å². The van der Waals surface area contributed by atoms with E-state index < -0.39 is 5.20 Å². The number of halogens is 4. The van der Waals surface area contributed by atoms with Gasteiger partial charge in [0, 0.05) is 57.7 Å². The van der Waals surface area contributed by atoms with Gasteiger partial charge in [-0.05, 0) is 44.8 Å². The Morgan fingerprint density at radius 3 is 1.74 bits per heavy atom. The lowest BCUT2D eigenvalue weighted by Gasteiger charge is -2.28. The van der Waals surface area contributed by atoms with E-state index in [1.807, 2.05) is 24.3 Å². The second-order valence-corrected chi connectivity index (χ2v) is 17.0. The summed E-state index contributed by atoms with van der Waals surface area (Å²) in [7, 11) is 0. The number of nitrogen functional groups attached to an aromatic ring is 2. The van der Waals surface area contributed by atoms with Crippen molar-refractivity contribution in [2.75, 3.05) is 24.6 Å². The maximum atomic E-state index is 11.9. The van der Waals surface area contributed by atoms with E-state index in [1.54, 1.807) is 0 Å². The second-order valence-electron chi connectivity index (χ2n) is 9.97. The molecule has 0 bridgehead atoms. The van der Waals surface area contributed by atoms with Crippen LogP contribution in [-0.4, -0.2) is 42.8 Å². The molecule has 5 N–H and O–H groups in total. The predicted octanol–water partition coefficient (Wildman–Crippen LogP) is 5.99. The molecule has 6 rings (SSSR count). The van der Waals surface area contributed by atoms with Crippen molar-refractivity contribution in [3.05, 3.63) is 110 Å². The van der Waals surface area contributed by atoms with E-state index in [0.717, 1.165) is 68.1 Å². The average Bonchev–Trinajstić information content (AvgIpc) is 2.94. The molecule has 0 aliphatic carbocycles. The Balaban J connectivity index is 0.000000171. The number of fused-ring (bicyclic) bond motifs is 2. The highest BCUT2D eigenvalue weighted by molar-refractivity contribution is 8.24. The fourth-order valence-corrected chi connectivity index (χ4v) is 5.16. The normalized spacial score (nSPS) is 14.8. The lowest BCUT2D eigenvalue weighted by Crippen LogP contribution is -2.35. The van der Waals surface area contributed by atoms with Crippen LogP contribution in [0.15, 0.2) is 65.5 Å². The number of anilines is 2. The Labute approximate surface area is 269 Å². The van der Waals surface area contributed by atoms with Crippen LogP contribution in [0, 0.1) is 0 Å². The van der Waals surface area contributed by atoms with Gasteiger partial charge >= 0.3 is 5.20 Å². The Hall–Kier alpha value is -2.69. The van der Waals surface area contributed by atoms with Gasteiger partial charge in [-0.3, -0.25) is 24.1 Å². The number of hydrogen-bond acceptors (Lipinski definition) is 9. The Kier molecular flexibility index (Phi) is 11.9. The Bertz CT molecular complexity index is 1610. The van der Waals surface area contributed by atoms with Gasteiger partial charge < -0.3 is 11.5 Å². The summed E-state index contributed by atoms with van der Waals surface area (Å²) in [6.45, 7) is 5.05. The number of hydrogen-bond donors (Lipinski definition) is 3. The van der Waals surface area contributed by atoms with E-state index in [4.69, 9.17) is 23.1 Å². The van der Waals surface area contributed by atoms with Crippen LogP contribution < -0.4 is 17.0 Å². The number of benzene rings is 2. The van der Waals surface area contributed by atoms with Gasteiger partial charge in [-0.15, -0.1) is 0 Å². The summed E-state index contributed by atoms with van der Waals surface area (Å²) in [5.41, 5.74) is 17.2. The van der Waals surface area contributed by atoms with Crippen LogP contribution in [0.5, 0.6) is 0 Å². The summed E-state index contributed by atoms with van der Waals surface area (Å²) in [5, 5.41) is -2.74. The number of nitrogens with one attached hydrogen (secondary N) is 1. The van der Waals surface area contributed by atoms with Gasteiger partial charge in [0.1, 0.15) is 5.15 Å². The van der Waals surface area contributed by atoms with Crippen LogP contribution in [0.4, 0.5) is 11.9 Å². The van der Waals surface area contributed by atoms with Crippen molar-refractivity contribution < 1.29 is 4.57 Å². The minimum absolute atomic E-state index is 0.111. The van der Waals surface area contributed by atoms with Crippen molar-refractivity contribution in [2.24, 2.45) is 0 Å². The van der Waals surface area contributed by atoms with Crippen LogP contribution in [0.1, 0.15) is 33.6 Å². The fraction of sp³-hybridized carbons (Fsp3) is 0.286. The molecular formula is C28H31Cl4N8O2P. The number of nitrogens with two attached hydrogens (primary N) is 2. The van der Waals surface area contributed by atoms with Crippen LogP contribution in [0.3, 0.4) is 0 Å². The summed E-state index contributed by atoms with van der Waals surface area (Å²) >= 11 is 20.0. The third kappa shape index (κ3) is 10.8. The van der Waals surface area contributed by atoms with Gasteiger partial charge in [0.25, 0.3) is 5.56 Å². The molecule has 15 heteroatoms. The number of aromatic nitrogens is 4. The molecule has 0 unspecified atom stereocenters. The van der Waals surface area contributed by atoms with E-state index in [2.05, 4.69) is 99.9 Å². The highest BCUT2D eigenvalue weighted by Crippen LogP contribution is 2.61. The molecular weight excluding hydrogens is 653 g/mol. The van der Waals surface area contributed by atoms with E-state index in [-0.39, 0.29) is 17.5 Å². The molecule has 0 radical (unpaired) electrons. The van der Waals surface area contributed by atoms with Crippen LogP contribution in [0.25, 0.3) is 0 Å². The first-order valence-electron chi connectivity index (χ1n) is 13.3. The molecule has 0 amide bonds. The monoisotopic (exact) mass is 682 g/mol. The van der Waals surface area contributed by atoms with Gasteiger partial charge in [0.2, 0.25) is 11.9 Å². The molecule has 0 saturated carbocycles. The molecule has 228 valence electrons. The Morgan fingerprint density at radius 1 is 0.767 bits per heavy atom. The molecule has 0 saturated heterocycles. The number of nitrogens with zero attached hydrogens (tertiary/aromatic N) is 5. The van der Waals surface area contributed by atoms with Gasteiger partial charge in [-0.2, -0.15) is 0 Å². The SMILES string of the molecule is Nc1nc(Cl)c2c(n1)CCN(Cc1ccccc1)C2.Nc1nc2c(c(=O)[nH]1)CN(Cc1ccccc1)CC2.O=P(Cl)(Cl)Cl. The third-order valence-electron chi connectivity index (χ3n) is 6.77. The molecule has 4 aromatic rings. The number of aromatic amines is 1. The quantitative estimate of drug-likeness (QED) is 0.174. The van der Waals surface area contributed by atoms with Crippen molar-refractivity contribution >= 4 is 62.4 Å². The standard InChI is InChI=1S/C14H15ClN4.C14H16N4O.Cl3OP/c15-13-11-9-19(8-10-4-2-1-3-5-10)7-6-12(11)17-14(16)18-13;15-14-16-12-6-7-18(9-11(12)13(19)17-14)8-10-4-2-1-3-5-10;1-5(2,3)4/h1-5H,6-9H2,(H2,16,17,18);1-5H,6-9H2,(H3,15,16,17,19);. The topological polar surface area (TPSA) is 147 Å². The van der Waals surface area contributed by atoms with E-state index in [0.29, 0.717) is 11.7 Å². The van der Waals surface area contributed by atoms with E-state index >= 15 is 0 Å². The zero-order chi connectivity index (χ0) is 31.0. The first-order valence-corrected chi connectivity index (χ1v) is 18.1. The molecule has 2 aliphatic heterocycles.